The topological polar surface area (TPSA) is 27.7 Å². The van der Waals surface area contributed by atoms with Crippen LogP contribution in [0.5, 0.6) is 0 Å². The fourth-order valence-corrected chi connectivity index (χ4v) is 6.20. The zero-order valence-electron chi connectivity index (χ0n) is 10.5. The average molecular weight is 232 g/mol. The van der Waals surface area contributed by atoms with Gasteiger partial charge in [-0.15, -0.1) is 0 Å². The van der Waals surface area contributed by atoms with E-state index in [1.54, 1.807) is 21.3 Å². The molecule has 1 aliphatic rings. The van der Waals surface area contributed by atoms with Gasteiger partial charge in [0.15, 0.2) is 0 Å². The molecular formula is C11H24O3Si. The van der Waals surface area contributed by atoms with E-state index < -0.39 is 8.80 Å². The average Bonchev–Trinajstić information content (AvgIpc) is 2.33. The molecule has 0 aromatic carbocycles. The van der Waals surface area contributed by atoms with Crippen molar-refractivity contribution in [3.8, 4) is 0 Å². The summed E-state index contributed by atoms with van der Waals surface area (Å²) in [5.41, 5.74) is 0. The summed E-state index contributed by atoms with van der Waals surface area (Å²) in [6, 6.07) is 0. The summed E-state index contributed by atoms with van der Waals surface area (Å²) in [7, 11) is 2.72. The van der Waals surface area contributed by atoms with Crippen LogP contribution in [0.2, 0.25) is 5.04 Å². The lowest BCUT2D eigenvalue weighted by Gasteiger charge is -2.45. The Bertz CT molecular complexity index is 178. The van der Waals surface area contributed by atoms with E-state index in [-0.39, 0.29) is 5.04 Å². The molecule has 1 fully saturated rings. The lowest BCUT2D eigenvalue weighted by atomic mass is 9.86. The van der Waals surface area contributed by atoms with E-state index in [2.05, 4.69) is 6.92 Å². The second kappa shape index (κ2) is 5.43. The molecule has 0 unspecified atom stereocenters. The molecule has 0 N–H and O–H groups in total. The van der Waals surface area contributed by atoms with Crippen molar-refractivity contribution < 1.29 is 13.3 Å². The van der Waals surface area contributed by atoms with Gasteiger partial charge in [0.25, 0.3) is 0 Å². The SMILES string of the molecule is CCC1([Si](OC)(OC)OC)CCCCC1. The van der Waals surface area contributed by atoms with Gasteiger partial charge < -0.3 is 13.3 Å². The molecule has 0 aromatic rings. The zero-order chi connectivity index (χ0) is 11.4. The van der Waals surface area contributed by atoms with Gasteiger partial charge in [-0.2, -0.15) is 0 Å². The highest BCUT2D eigenvalue weighted by Crippen LogP contribution is 2.53. The van der Waals surface area contributed by atoms with Gasteiger partial charge in [0, 0.05) is 26.4 Å². The second-order valence-corrected chi connectivity index (χ2v) is 7.76. The molecule has 15 heavy (non-hydrogen) atoms. The van der Waals surface area contributed by atoms with Crippen LogP contribution in [0.4, 0.5) is 0 Å². The molecule has 1 rings (SSSR count). The molecule has 1 aliphatic carbocycles. The molecule has 0 spiro atoms. The minimum Gasteiger partial charge on any atom is -0.377 e. The van der Waals surface area contributed by atoms with E-state index in [1.807, 2.05) is 0 Å². The van der Waals surface area contributed by atoms with Gasteiger partial charge in [-0.3, -0.25) is 0 Å². The van der Waals surface area contributed by atoms with Gasteiger partial charge >= 0.3 is 8.80 Å². The molecule has 0 aliphatic heterocycles. The Morgan fingerprint density at radius 2 is 1.40 bits per heavy atom. The van der Waals surface area contributed by atoms with Crippen molar-refractivity contribution in [2.24, 2.45) is 0 Å². The van der Waals surface area contributed by atoms with Gasteiger partial charge in [0.1, 0.15) is 0 Å². The Balaban J connectivity index is 2.93. The highest BCUT2D eigenvalue weighted by molar-refractivity contribution is 6.64. The summed E-state index contributed by atoms with van der Waals surface area (Å²) in [4.78, 5) is 0. The summed E-state index contributed by atoms with van der Waals surface area (Å²) in [5, 5.41) is 0.156. The van der Waals surface area contributed by atoms with Crippen LogP contribution < -0.4 is 0 Å². The lowest BCUT2D eigenvalue weighted by Crippen LogP contribution is -2.55. The highest BCUT2D eigenvalue weighted by atomic mass is 28.4. The van der Waals surface area contributed by atoms with Gasteiger partial charge in [-0.1, -0.05) is 26.2 Å². The molecule has 0 radical (unpaired) electrons. The molecule has 3 nitrogen and oxygen atoms in total. The predicted molar refractivity (Wildman–Crippen MR) is 62.9 cm³/mol. The number of hydrogen-bond acceptors (Lipinski definition) is 3. The van der Waals surface area contributed by atoms with Crippen LogP contribution in [-0.4, -0.2) is 30.1 Å². The maximum absolute atomic E-state index is 5.66. The standard InChI is InChI=1S/C11H24O3Si/c1-5-11(9-7-6-8-10-11)15(12-2,13-3)14-4/h5-10H2,1-4H3. The van der Waals surface area contributed by atoms with Crippen LogP contribution in [-0.2, 0) is 13.3 Å². The third-order valence-corrected chi connectivity index (χ3v) is 7.71. The van der Waals surface area contributed by atoms with E-state index in [9.17, 15) is 0 Å². The summed E-state index contributed by atoms with van der Waals surface area (Å²) in [6.07, 6.45) is 7.35. The van der Waals surface area contributed by atoms with E-state index in [4.69, 9.17) is 13.3 Å². The summed E-state index contributed by atoms with van der Waals surface area (Å²) in [6.45, 7) is 2.23. The molecular weight excluding hydrogens is 208 g/mol. The largest absolute Gasteiger partial charge is 0.506 e. The van der Waals surface area contributed by atoms with E-state index in [0.29, 0.717) is 0 Å². The van der Waals surface area contributed by atoms with Crippen molar-refractivity contribution in [2.45, 2.75) is 50.5 Å². The first-order valence-electron chi connectivity index (χ1n) is 5.85. The fourth-order valence-electron chi connectivity index (χ4n) is 3.00. The molecule has 1 saturated carbocycles. The third-order valence-electron chi connectivity index (χ3n) is 3.94. The summed E-state index contributed by atoms with van der Waals surface area (Å²) < 4.78 is 17.0. The zero-order valence-corrected chi connectivity index (χ0v) is 11.5. The molecule has 4 heteroatoms. The van der Waals surface area contributed by atoms with Crippen molar-refractivity contribution in [3.63, 3.8) is 0 Å². The van der Waals surface area contributed by atoms with Gasteiger partial charge in [-0.25, -0.2) is 0 Å². The normalized spacial score (nSPS) is 21.6. The van der Waals surface area contributed by atoms with Gasteiger partial charge in [0.2, 0.25) is 0 Å². The van der Waals surface area contributed by atoms with E-state index in [1.165, 1.54) is 32.1 Å². The van der Waals surface area contributed by atoms with Crippen molar-refractivity contribution in [1.82, 2.24) is 0 Å². The Hall–Kier alpha value is 0.0969. The maximum atomic E-state index is 5.66. The Morgan fingerprint density at radius 1 is 0.933 bits per heavy atom. The Labute approximate surface area is 94.5 Å². The van der Waals surface area contributed by atoms with Crippen LogP contribution in [0.25, 0.3) is 0 Å². The smallest absolute Gasteiger partial charge is 0.377 e. The maximum Gasteiger partial charge on any atom is 0.506 e. The van der Waals surface area contributed by atoms with Gasteiger partial charge in [0.05, 0.1) is 0 Å². The number of rotatable bonds is 5. The quantitative estimate of drug-likeness (QED) is 0.682. The lowest BCUT2D eigenvalue weighted by molar-refractivity contribution is 0.0744. The van der Waals surface area contributed by atoms with Crippen LogP contribution in [0.15, 0.2) is 0 Å². The van der Waals surface area contributed by atoms with Crippen molar-refractivity contribution in [2.75, 3.05) is 21.3 Å². The third kappa shape index (κ3) is 2.13. The molecule has 90 valence electrons. The second-order valence-electron chi connectivity index (χ2n) is 4.36. The highest BCUT2D eigenvalue weighted by Gasteiger charge is 2.58. The van der Waals surface area contributed by atoms with Crippen LogP contribution >= 0.6 is 0 Å². The Morgan fingerprint density at radius 3 is 1.73 bits per heavy atom. The molecule has 0 amide bonds. The van der Waals surface area contributed by atoms with Crippen LogP contribution in [0.1, 0.15) is 45.4 Å². The first kappa shape index (κ1) is 13.2. The summed E-state index contributed by atoms with van der Waals surface area (Å²) >= 11 is 0. The van der Waals surface area contributed by atoms with Crippen LogP contribution in [0, 0.1) is 0 Å². The van der Waals surface area contributed by atoms with Crippen molar-refractivity contribution >= 4 is 8.80 Å². The first-order chi connectivity index (χ1) is 7.20. The molecule has 0 heterocycles. The number of hydrogen-bond donors (Lipinski definition) is 0. The Kier molecular flexibility index (Phi) is 4.77. The molecule has 0 atom stereocenters. The molecule has 0 bridgehead atoms. The van der Waals surface area contributed by atoms with Gasteiger partial charge in [-0.05, 0) is 19.3 Å². The predicted octanol–water partition coefficient (Wildman–Crippen LogP) is 2.98. The van der Waals surface area contributed by atoms with Crippen molar-refractivity contribution in [1.29, 1.82) is 0 Å². The van der Waals surface area contributed by atoms with Crippen LogP contribution in [0.3, 0.4) is 0 Å². The molecule has 0 aromatic heterocycles. The first-order valence-corrected chi connectivity index (χ1v) is 7.58. The summed E-state index contributed by atoms with van der Waals surface area (Å²) in [5.74, 6) is 0. The minimum atomic E-state index is -2.47. The minimum absolute atomic E-state index is 0.156. The van der Waals surface area contributed by atoms with E-state index in [0.717, 1.165) is 6.42 Å². The fraction of sp³-hybridized carbons (Fsp3) is 1.00. The molecule has 0 saturated heterocycles. The van der Waals surface area contributed by atoms with E-state index >= 15 is 0 Å². The monoisotopic (exact) mass is 232 g/mol. The van der Waals surface area contributed by atoms with Crippen molar-refractivity contribution in [3.05, 3.63) is 0 Å².